The highest BCUT2D eigenvalue weighted by molar-refractivity contribution is 5.87. The molecule has 0 fully saturated rings. The van der Waals surface area contributed by atoms with E-state index in [1.165, 1.54) is 6.92 Å². The van der Waals surface area contributed by atoms with Crippen LogP contribution in [0.1, 0.15) is 33.1 Å². The van der Waals surface area contributed by atoms with E-state index in [1.54, 1.807) is 0 Å². The van der Waals surface area contributed by atoms with E-state index in [4.69, 9.17) is 5.11 Å². The second-order valence-corrected chi connectivity index (χ2v) is 2.62. The third-order valence-corrected chi connectivity index (χ3v) is 1.42. The number of ketones is 2. The number of rotatable bonds is 5. The van der Waals surface area contributed by atoms with Gasteiger partial charge in [0.15, 0.2) is 5.78 Å². The Bertz CT molecular complexity index is 151. The van der Waals surface area contributed by atoms with Crippen LogP contribution in [-0.2, 0) is 9.59 Å². The molecule has 0 aliphatic carbocycles. The molecule has 0 saturated heterocycles. The Morgan fingerprint density at radius 1 is 1.45 bits per heavy atom. The van der Waals surface area contributed by atoms with Gasteiger partial charge in [0.2, 0.25) is 0 Å². The van der Waals surface area contributed by atoms with Crippen molar-refractivity contribution in [3.63, 3.8) is 0 Å². The highest BCUT2D eigenvalue weighted by atomic mass is 16.3. The molecule has 0 heterocycles. The van der Waals surface area contributed by atoms with Crippen LogP contribution in [0.3, 0.4) is 0 Å². The monoisotopic (exact) mass is 158 g/mol. The first-order valence-corrected chi connectivity index (χ1v) is 3.78. The lowest BCUT2D eigenvalue weighted by atomic mass is 10.1. The van der Waals surface area contributed by atoms with E-state index in [9.17, 15) is 9.59 Å². The molecular weight excluding hydrogens is 144 g/mol. The van der Waals surface area contributed by atoms with Crippen LogP contribution in [0, 0.1) is 0 Å². The summed E-state index contributed by atoms with van der Waals surface area (Å²) in [5.74, 6) is -0.385. The first-order valence-electron chi connectivity index (χ1n) is 3.78. The molecule has 0 radical (unpaired) electrons. The molecule has 0 amide bonds. The second-order valence-electron chi connectivity index (χ2n) is 2.62. The first kappa shape index (κ1) is 10.3. The van der Waals surface area contributed by atoms with Crippen LogP contribution in [0.4, 0.5) is 0 Å². The second kappa shape index (κ2) is 5.02. The van der Waals surface area contributed by atoms with Crippen molar-refractivity contribution in [3.05, 3.63) is 0 Å². The van der Waals surface area contributed by atoms with Gasteiger partial charge in [0.25, 0.3) is 0 Å². The zero-order valence-corrected chi connectivity index (χ0v) is 6.96. The average molecular weight is 158 g/mol. The van der Waals surface area contributed by atoms with Crippen molar-refractivity contribution >= 4 is 11.6 Å². The zero-order chi connectivity index (χ0) is 8.85. The minimum Gasteiger partial charge on any atom is -0.385 e. The van der Waals surface area contributed by atoms with Crippen molar-refractivity contribution in [1.82, 2.24) is 0 Å². The summed E-state index contributed by atoms with van der Waals surface area (Å²) in [6.07, 6.45) is 0.103. The molecule has 0 aromatic heterocycles. The Morgan fingerprint density at radius 3 is 2.36 bits per heavy atom. The molecule has 0 rings (SSSR count). The van der Waals surface area contributed by atoms with Crippen LogP contribution < -0.4 is 0 Å². The maximum Gasteiger partial charge on any atom is 0.158 e. The number of carbonyl (C=O) groups is 2. The van der Waals surface area contributed by atoms with Crippen LogP contribution >= 0.6 is 0 Å². The van der Waals surface area contributed by atoms with Gasteiger partial charge in [0, 0.05) is 12.8 Å². The lowest BCUT2D eigenvalue weighted by molar-refractivity contribution is -0.130. The minimum absolute atomic E-state index is 0.0246. The lowest BCUT2D eigenvalue weighted by Crippen LogP contribution is -2.20. The molecule has 0 aromatic carbocycles. The fraction of sp³-hybridized carbons (Fsp3) is 0.750. The van der Waals surface area contributed by atoms with E-state index >= 15 is 0 Å². The molecule has 1 unspecified atom stereocenters. The Kier molecular flexibility index (Phi) is 4.70. The molecule has 0 spiro atoms. The highest BCUT2D eigenvalue weighted by Gasteiger charge is 2.13. The normalized spacial score (nSPS) is 12.6. The third-order valence-electron chi connectivity index (χ3n) is 1.42. The van der Waals surface area contributed by atoms with Crippen LogP contribution in [0.2, 0.25) is 0 Å². The summed E-state index contributed by atoms with van der Waals surface area (Å²) >= 11 is 0. The van der Waals surface area contributed by atoms with Gasteiger partial charge in [-0.15, -0.1) is 0 Å². The Hall–Kier alpha value is -0.700. The topological polar surface area (TPSA) is 54.4 Å². The molecule has 0 saturated carbocycles. The van der Waals surface area contributed by atoms with E-state index in [0.717, 1.165) is 6.42 Å². The summed E-state index contributed by atoms with van der Waals surface area (Å²) in [4.78, 5) is 21.3. The van der Waals surface area contributed by atoms with Crippen molar-refractivity contribution in [2.75, 3.05) is 0 Å². The molecule has 0 aliphatic rings. The van der Waals surface area contributed by atoms with Crippen LogP contribution in [0.5, 0.6) is 0 Å². The van der Waals surface area contributed by atoms with E-state index < -0.39 is 6.10 Å². The van der Waals surface area contributed by atoms with Gasteiger partial charge in [-0.1, -0.05) is 6.92 Å². The molecule has 3 nitrogen and oxygen atoms in total. The maximum absolute atomic E-state index is 10.8. The van der Waals surface area contributed by atoms with Gasteiger partial charge >= 0.3 is 0 Å². The predicted octanol–water partition coefficient (Wildman–Crippen LogP) is 0.696. The highest BCUT2D eigenvalue weighted by Crippen LogP contribution is 1.99. The first-order chi connectivity index (χ1) is 5.07. The Labute approximate surface area is 66.4 Å². The zero-order valence-electron chi connectivity index (χ0n) is 6.96. The smallest absolute Gasteiger partial charge is 0.158 e. The summed E-state index contributed by atoms with van der Waals surface area (Å²) in [7, 11) is 0. The van der Waals surface area contributed by atoms with E-state index in [2.05, 4.69) is 0 Å². The van der Waals surface area contributed by atoms with Crippen LogP contribution in [0.25, 0.3) is 0 Å². The quantitative estimate of drug-likeness (QED) is 0.640. The standard InChI is InChI=1S/C8H14O3/c1-3-4-7(10)5-8(11)6(2)9/h8,11H,3-5H2,1-2H3. The van der Waals surface area contributed by atoms with E-state index in [-0.39, 0.29) is 18.0 Å². The number of aliphatic hydroxyl groups excluding tert-OH is 1. The number of hydrogen-bond donors (Lipinski definition) is 1. The molecule has 0 bridgehead atoms. The van der Waals surface area contributed by atoms with Crippen LogP contribution in [0.15, 0.2) is 0 Å². The molecule has 0 aromatic rings. The number of aliphatic hydroxyl groups is 1. The van der Waals surface area contributed by atoms with Crippen LogP contribution in [-0.4, -0.2) is 22.8 Å². The average Bonchev–Trinajstić information content (AvgIpc) is 1.87. The maximum atomic E-state index is 10.8. The number of carbonyl (C=O) groups excluding carboxylic acids is 2. The molecule has 1 N–H and O–H groups in total. The van der Waals surface area contributed by atoms with Gasteiger partial charge in [-0.3, -0.25) is 9.59 Å². The predicted molar refractivity (Wildman–Crippen MR) is 41.2 cm³/mol. The van der Waals surface area contributed by atoms with Crippen molar-refractivity contribution in [3.8, 4) is 0 Å². The summed E-state index contributed by atoms with van der Waals surface area (Å²) in [6.45, 7) is 3.17. The molecule has 11 heavy (non-hydrogen) atoms. The Morgan fingerprint density at radius 2 is 2.00 bits per heavy atom. The van der Waals surface area contributed by atoms with Gasteiger partial charge in [-0.05, 0) is 13.3 Å². The molecule has 3 heteroatoms. The molecule has 1 atom stereocenters. The number of Topliss-reactive ketones (excluding diaryl/α,β-unsaturated/α-hetero) is 2. The minimum atomic E-state index is -1.09. The molecule has 64 valence electrons. The summed E-state index contributed by atoms with van der Waals surface area (Å²) in [5.41, 5.74) is 0. The summed E-state index contributed by atoms with van der Waals surface area (Å²) in [6, 6.07) is 0. The van der Waals surface area contributed by atoms with E-state index in [1.807, 2.05) is 6.92 Å². The van der Waals surface area contributed by atoms with Gasteiger partial charge in [-0.2, -0.15) is 0 Å². The fourth-order valence-corrected chi connectivity index (χ4v) is 0.740. The van der Waals surface area contributed by atoms with E-state index in [0.29, 0.717) is 6.42 Å². The molecular formula is C8H14O3. The van der Waals surface area contributed by atoms with Crippen molar-refractivity contribution in [2.45, 2.75) is 39.2 Å². The number of hydrogen-bond acceptors (Lipinski definition) is 3. The fourth-order valence-electron chi connectivity index (χ4n) is 0.740. The lowest BCUT2D eigenvalue weighted by Gasteiger charge is -2.03. The molecule has 0 aliphatic heterocycles. The van der Waals surface area contributed by atoms with Gasteiger partial charge in [-0.25, -0.2) is 0 Å². The van der Waals surface area contributed by atoms with Crippen molar-refractivity contribution < 1.29 is 14.7 Å². The van der Waals surface area contributed by atoms with Gasteiger partial charge in [0.05, 0.1) is 0 Å². The largest absolute Gasteiger partial charge is 0.385 e. The summed E-state index contributed by atoms with van der Waals surface area (Å²) < 4.78 is 0. The van der Waals surface area contributed by atoms with Gasteiger partial charge in [0.1, 0.15) is 11.9 Å². The summed E-state index contributed by atoms with van der Waals surface area (Å²) in [5, 5.41) is 8.95. The van der Waals surface area contributed by atoms with Crippen molar-refractivity contribution in [1.29, 1.82) is 0 Å². The van der Waals surface area contributed by atoms with Crippen molar-refractivity contribution in [2.24, 2.45) is 0 Å². The third kappa shape index (κ3) is 4.67. The Balaban J connectivity index is 3.66. The SMILES string of the molecule is CCCC(=O)CC(O)C(C)=O. The van der Waals surface area contributed by atoms with Gasteiger partial charge < -0.3 is 5.11 Å².